The summed E-state index contributed by atoms with van der Waals surface area (Å²) < 4.78 is 33.7. The monoisotopic (exact) mass is 392 g/mol. The number of alkyl halides is 2. The number of amides is 1. The summed E-state index contributed by atoms with van der Waals surface area (Å²) in [5, 5.41) is 13.2. The molecule has 0 saturated carbocycles. The molecule has 2 aromatic carbocycles. The highest BCUT2D eigenvalue weighted by molar-refractivity contribution is 5.95. The SMILES string of the molecule is O=C(COC(=O)/C=C/c1ccccc1[N+](=O)[O-])Nc1ccccc1OC(F)F. The van der Waals surface area contributed by atoms with Gasteiger partial charge in [-0.05, 0) is 24.3 Å². The molecule has 0 aliphatic rings. The number of hydrogen-bond acceptors (Lipinski definition) is 6. The Morgan fingerprint density at radius 1 is 1.14 bits per heavy atom. The number of nitrogens with one attached hydrogen (secondary N) is 1. The van der Waals surface area contributed by atoms with E-state index in [0.717, 1.165) is 6.08 Å². The molecule has 8 nitrogen and oxygen atoms in total. The molecule has 0 aliphatic carbocycles. The molecule has 28 heavy (non-hydrogen) atoms. The third kappa shape index (κ3) is 6.16. The number of hydrogen-bond donors (Lipinski definition) is 1. The summed E-state index contributed by atoms with van der Waals surface area (Å²) in [5.41, 5.74) is -0.0220. The highest BCUT2D eigenvalue weighted by Crippen LogP contribution is 2.25. The lowest BCUT2D eigenvalue weighted by Gasteiger charge is -2.11. The van der Waals surface area contributed by atoms with Crippen molar-refractivity contribution in [2.45, 2.75) is 6.61 Å². The number of benzene rings is 2. The number of ether oxygens (including phenoxy) is 2. The molecule has 146 valence electrons. The van der Waals surface area contributed by atoms with E-state index >= 15 is 0 Å². The normalized spacial score (nSPS) is 10.7. The average molecular weight is 392 g/mol. The van der Waals surface area contributed by atoms with Gasteiger partial charge in [-0.3, -0.25) is 14.9 Å². The first kappa shape index (κ1) is 20.5. The third-order valence-corrected chi connectivity index (χ3v) is 3.26. The molecule has 0 atom stereocenters. The molecular formula is C18H14F2N2O6. The summed E-state index contributed by atoms with van der Waals surface area (Å²) in [6, 6.07) is 11.3. The van der Waals surface area contributed by atoms with Crippen molar-refractivity contribution in [3.05, 3.63) is 70.3 Å². The van der Waals surface area contributed by atoms with Gasteiger partial charge in [0.05, 0.1) is 16.2 Å². The first-order chi connectivity index (χ1) is 13.4. The minimum Gasteiger partial charge on any atom is -0.452 e. The maximum Gasteiger partial charge on any atom is 0.387 e. The number of nitro benzene ring substituents is 1. The Bertz CT molecular complexity index is 901. The van der Waals surface area contributed by atoms with Crippen LogP contribution in [0.4, 0.5) is 20.2 Å². The fourth-order valence-electron chi connectivity index (χ4n) is 2.09. The average Bonchev–Trinajstić information content (AvgIpc) is 2.66. The smallest absolute Gasteiger partial charge is 0.387 e. The molecule has 2 rings (SSSR count). The molecule has 0 saturated heterocycles. The summed E-state index contributed by atoms with van der Waals surface area (Å²) in [6.45, 7) is -3.76. The van der Waals surface area contributed by atoms with Gasteiger partial charge in [0.25, 0.3) is 11.6 Å². The van der Waals surface area contributed by atoms with E-state index in [1.807, 2.05) is 0 Å². The molecule has 0 radical (unpaired) electrons. The molecule has 0 heterocycles. The summed E-state index contributed by atoms with van der Waals surface area (Å²) in [7, 11) is 0. The molecule has 1 amide bonds. The van der Waals surface area contributed by atoms with Crippen LogP contribution in [0.25, 0.3) is 6.08 Å². The van der Waals surface area contributed by atoms with Crippen molar-refractivity contribution in [1.29, 1.82) is 0 Å². The number of esters is 1. The van der Waals surface area contributed by atoms with E-state index in [1.54, 1.807) is 6.07 Å². The minimum atomic E-state index is -3.07. The number of halogens is 2. The Morgan fingerprint density at radius 3 is 2.54 bits per heavy atom. The van der Waals surface area contributed by atoms with Gasteiger partial charge in [-0.2, -0.15) is 8.78 Å². The number of rotatable bonds is 8. The van der Waals surface area contributed by atoms with Crippen molar-refractivity contribution in [2.24, 2.45) is 0 Å². The zero-order valence-electron chi connectivity index (χ0n) is 14.2. The summed E-state index contributed by atoms with van der Waals surface area (Å²) >= 11 is 0. The van der Waals surface area contributed by atoms with Crippen LogP contribution >= 0.6 is 0 Å². The Kier molecular flexibility index (Phi) is 7.14. The van der Waals surface area contributed by atoms with Crippen LogP contribution in [0.1, 0.15) is 5.56 Å². The van der Waals surface area contributed by atoms with Gasteiger partial charge in [0.2, 0.25) is 0 Å². The number of nitrogens with zero attached hydrogens (tertiary/aromatic N) is 1. The van der Waals surface area contributed by atoms with Crippen LogP contribution in [0.5, 0.6) is 5.75 Å². The molecule has 0 spiro atoms. The predicted octanol–water partition coefficient (Wildman–Crippen LogP) is 3.39. The van der Waals surface area contributed by atoms with E-state index < -0.39 is 30.0 Å². The third-order valence-electron chi connectivity index (χ3n) is 3.26. The van der Waals surface area contributed by atoms with Crippen LogP contribution in [0.2, 0.25) is 0 Å². The maximum atomic E-state index is 12.3. The van der Waals surface area contributed by atoms with E-state index in [9.17, 15) is 28.5 Å². The topological polar surface area (TPSA) is 108 Å². The summed E-state index contributed by atoms with van der Waals surface area (Å²) in [5.74, 6) is -1.93. The second kappa shape index (κ2) is 9.76. The first-order valence-electron chi connectivity index (χ1n) is 7.79. The van der Waals surface area contributed by atoms with Crippen molar-refractivity contribution >= 4 is 29.3 Å². The predicted molar refractivity (Wildman–Crippen MR) is 94.8 cm³/mol. The fourth-order valence-corrected chi connectivity index (χ4v) is 2.09. The number of nitro groups is 1. The highest BCUT2D eigenvalue weighted by atomic mass is 19.3. The van der Waals surface area contributed by atoms with Gasteiger partial charge in [-0.15, -0.1) is 0 Å². The van der Waals surface area contributed by atoms with E-state index in [1.165, 1.54) is 48.5 Å². The molecule has 0 fully saturated rings. The fraction of sp³-hybridized carbons (Fsp3) is 0.111. The lowest BCUT2D eigenvalue weighted by atomic mass is 10.1. The van der Waals surface area contributed by atoms with E-state index in [-0.39, 0.29) is 22.7 Å². The lowest BCUT2D eigenvalue weighted by Crippen LogP contribution is -2.20. The van der Waals surface area contributed by atoms with Gasteiger partial charge < -0.3 is 14.8 Å². The minimum absolute atomic E-state index is 0.0145. The number of carbonyl (C=O) groups is 2. The molecule has 1 N–H and O–H groups in total. The van der Waals surface area contributed by atoms with Crippen molar-refractivity contribution < 1.29 is 32.8 Å². The Hall–Kier alpha value is -3.82. The molecule has 2 aromatic rings. The highest BCUT2D eigenvalue weighted by Gasteiger charge is 2.13. The number of anilines is 1. The summed E-state index contributed by atoms with van der Waals surface area (Å²) in [6.07, 6.45) is 2.12. The van der Waals surface area contributed by atoms with Gasteiger partial charge in [-0.1, -0.05) is 24.3 Å². The van der Waals surface area contributed by atoms with Crippen molar-refractivity contribution in [1.82, 2.24) is 0 Å². The molecule has 0 unspecified atom stereocenters. The zero-order valence-corrected chi connectivity index (χ0v) is 14.2. The van der Waals surface area contributed by atoms with Gasteiger partial charge in [0.1, 0.15) is 5.75 Å². The Balaban J connectivity index is 1.92. The maximum absolute atomic E-state index is 12.3. The van der Waals surface area contributed by atoms with Gasteiger partial charge in [-0.25, -0.2) is 4.79 Å². The van der Waals surface area contributed by atoms with Crippen LogP contribution in [0, 0.1) is 10.1 Å². The van der Waals surface area contributed by atoms with Crippen LogP contribution in [-0.2, 0) is 14.3 Å². The van der Waals surface area contributed by atoms with Crippen LogP contribution in [-0.4, -0.2) is 30.0 Å². The first-order valence-corrected chi connectivity index (χ1v) is 7.79. The Morgan fingerprint density at radius 2 is 1.82 bits per heavy atom. The van der Waals surface area contributed by atoms with E-state index in [4.69, 9.17) is 4.74 Å². The second-order valence-corrected chi connectivity index (χ2v) is 5.18. The van der Waals surface area contributed by atoms with Crippen LogP contribution < -0.4 is 10.1 Å². The number of para-hydroxylation sites is 3. The number of carbonyl (C=O) groups excluding carboxylic acids is 2. The lowest BCUT2D eigenvalue weighted by molar-refractivity contribution is -0.385. The molecule has 0 aromatic heterocycles. The zero-order chi connectivity index (χ0) is 20.5. The summed E-state index contributed by atoms with van der Waals surface area (Å²) in [4.78, 5) is 33.8. The standard InChI is InChI=1S/C18H14F2N2O6/c19-18(20)28-15-8-4-2-6-13(15)21-16(23)11-27-17(24)10-9-12-5-1-3-7-14(12)22(25)26/h1-10,18H,11H2,(H,21,23)/b10-9+. The molecular weight excluding hydrogens is 378 g/mol. The van der Waals surface area contributed by atoms with Crippen molar-refractivity contribution in [2.75, 3.05) is 11.9 Å². The van der Waals surface area contributed by atoms with Crippen molar-refractivity contribution in [3.8, 4) is 5.75 Å². The van der Waals surface area contributed by atoms with Crippen LogP contribution in [0.15, 0.2) is 54.6 Å². The van der Waals surface area contributed by atoms with Gasteiger partial charge in [0.15, 0.2) is 6.61 Å². The van der Waals surface area contributed by atoms with E-state index in [0.29, 0.717) is 0 Å². The van der Waals surface area contributed by atoms with E-state index in [2.05, 4.69) is 10.1 Å². The second-order valence-electron chi connectivity index (χ2n) is 5.18. The quantitative estimate of drug-likeness (QED) is 0.319. The molecule has 0 aliphatic heterocycles. The van der Waals surface area contributed by atoms with Crippen LogP contribution in [0.3, 0.4) is 0 Å². The van der Waals surface area contributed by atoms with Gasteiger partial charge in [0, 0.05) is 12.1 Å². The largest absolute Gasteiger partial charge is 0.452 e. The molecule has 10 heteroatoms. The van der Waals surface area contributed by atoms with Gasteiger partial charge >= 0.3 is 12.6 Å². The van der Waals surface area contributed by atoms with Crippen molar-refractivity contribution in [3.63, 3.8) is 0 Å². The Labute approximate surface area is 157 Å². The molecule has 0 bridgehead atoms.